The van der Waals surface area contributed by atoms with Crippen molar-refractivity contribution in [3.05, 3.63) is 53.5 Å². The van der Waals surface area contributed by atoms with E-state index in [-0.39, 0.29) is 0 Å². The SMILES string of the molecule is Cc1ccc(-c2nc(CSc3nnc(-c4cccnc4)n3C3CC3)cs2)o1. The predicted octanol–water partition coefficient (Wildman–Crippen LogP) is 4.99. The van der Waals surface area contributed by atoms with Crippen LogP contribution in [0.1, 0.15) is 30.3 Å². The van der Waals surface area contributed by atoms with Crippen LogP contribution >= 0.6 is 23.1 Å². The molecule has 0 unspecified atom stereocenters. The Kier molecular flexibility index (Phi) is 4.29. The van der Waals surface area contributed by atoms with Gasteiger partial charge in [0, 0.05) is 35.1 Å². The fourth-order valence-electron chi connectivity index (χ4n) is 2.90. The average Bonchev–Trinajstić information content (AvgIpc) is 3.09. The molecule has 8 heteroatoms. The summed E-state index contributed by atoms with van der Waals surface area (Å²) in [6.45, 7) is 1.94. The number of aryl methyl sites for hydroxylation is 1. The van der Waals surface area contributed by atoms with Gasteiger partial charge in [0.05, 0.1) is 5.69 Å². The van der Waals surface area contributed by atoms with Crippen LogP contribution in [0.5, 0.6) is 0 Å². The monoisotopic (exact) mass is 395 g/mol. The number of thiazole rings is 1. The van der Waals surface area contributed by atoms with Gasteiger partial charge in [-0.3, -0.25) is 9.55 Å². The van der Waals surface area contributed by atoms with Crippen LogP contribution in [0.4, 0.5) is 0 Å². The molecule has 136 valence electrons. The van der Waals surface area contributed by atoms with E-state index >= 15 is 0 Å². The van der Waals surface area contributed by atoms with Gasteiger partial charge in [0.15, 0.2) is 21.7 Å². The second kappa shape index (κ2) is 6.94. The van der Waals surface area contributed by atoms with Gasteiger partial charge in [-0.15, -0.1) is 21.5 Å². The first kappa shape index (κ1) is 16.7. The molecule has 4 heterocycles. The van der Waals surface area contributed by atoms with E-state index in [1.54, 1.807) is 29.3 Å². The minimum absolute atomic E-state index is 0.495. The molecule has 1 fully saturated rings. The minimum Gasteiger partial charge on any atom is -0.459 e. The Hall–Kier alpha value is -2.45. The maximum atomic E-state index is 5.67. The lowest BCUT2D eigenvalue weighted by molar-refractivity contribution is 0.548. The highest BCUT2D eigenvalue weighted by atomic mass is 32.2. The molecule has 4 aromatic rings. The topological polar surface area (TPSA) is 69.6 Å². The van der Waals surface area contributed by atoms with E-state index in [0.29, 0.717) is 6.04 Å². The molecule has 0 radical (unpaired) electrons. The van der Waals surface area contributed by atoms with Gasteiger partial charge in [0.25, 0.3) is 0 Å². The number of hydrogen-bond donors (Lipinski definition) is 0. The van der Waals surface area contributed by atoms with Gasteiger partial charge in [-0.05, 0) is 44.0 Å². The molecule has 5 rings (SSSR count). The quantitative estimate of drug-likeness (QED) is 0.428. The molecule has 1 aliphatic carbocycles. The van der Waals surface area contributed by atoms with Gasteiger partial charge in [0.2, 0.25) is 0 Å². The summed E-state index contributed by atoms with van der Waals surface area (Å²) in [5, 5.41) is 12.8. The number of aromatic nitrogens is 5. The standard InChI is InChI=1S/C19H17N5OS2/c1-12-4-7-16(25-12)18-21-14(10-26-18)11-27-19-23-22-17(24(19)15-5-6-15)13-3-2-8-20-9-13/h2-4,7-10,15H,5-6,11H2,1H3. The van der Waals surface area contributed by atoms with E-state index in [2.05, 4.69) is 25.1 Å². The lowest BCUT2D eigenvalue weighted by atomic mass is 10.3. The smallest absolute Gasteiger partial charge is 0.192 e. The number of rotatable bonds is 6. The third-order valence-electron chi connectivity index (χ3n) is 4.35. The number of furan rings is 1. The van der Waals surface area contributed by atoms with E-state index < -0.39 is 0 Å². The van der Waals surface area contributed by atoms with Crippen molar-refractivity contribution in [2.45, 2.75) is 36.7 Å². The van der Waals surface area contributed by atoms with Gasteiger partial charge >= 0.3 is 0 Å². The lowest BCUT2D eigenvalue weighted by Crippen LogP contribution is -2.00. The van der Waals surface area contributed by atoms with Crippen molar-refractivity contribution < 1.29 is 4.42 Å². The van der Waals surface area contributed by atoms with Crippen molar-refractivity contribution in [3.63, 3.8) is 0 Å². The van der Waals surface area contributed by atoms with Crippen LogP contribution < -0.4 is 0 Å². The predicted molar refractivity (Wildman–Crippen MR) is 106 cm³/mol. The summed E-state index contributed by atoms with van der Waals surface area (Å²) < 4.78 is 7.92. The zero-order valence-corrected chi connectivity index (χ0v) is 16.3. The van der Waals surface area contributed by atoms with E-state index in [0.717, 1.165) is 44.5 Å². The normalized spacial score (nSPS) is 14.0. The van der Waals surface area contributed by atoms with Crippen LogP contribution in [0.25, 0.3) is 22.2 Å². The fourth-order valence-corrected chi connectivity index (χ4v) is 4.69. The summed E-state index contributed by atoms with van der Waals surface area (Å²) in [4.78, 5) is 8.91. The zero-order valence-electron chi connectivity index (χ0n) is 14.7. The average molecular weight is 396 g/mol. The van der Waals surface area contributed by atoms with Crippen molar-refractivity contribution in [1.82, 2.24) is 24.7 Å². The third kappa shape index (κ3) is 3.42. The summed E-state index contributed by atoms with van der Waals surface area (Å²) in [6.07, 6.45) is 5.97. The molecular formula is C19H17N5OS2. The summed E-state index contributed by atoms with van der Waals surface area (Å²) in [6, 6.07) is 8.39. The van der Waals surface area contributed by atoms with Gasteiger partial charge in [-0.25, -0.2) is 4.98 Å². The molecule has 0 amide bonds. The first-order valence-electron chi connectivity index (χ1n) is 8.77. The van der Waals surface area contributed by atoms with E-state index in [1.807, 2.05) is 37.4 Å². The summed E-state index contributed by atoms with van der Waals surface area (Å²) in [5.41, 5.74) is 2.04. The Morgan fingerprint density at radius 1 is 1.26 bits per heavy atom. The molecule has 6 nitrogen and oxygen atoms in total. The Labute approximate surface area is 164 Å². The number of hydrogen-bond acceptors (Lipinski definition) is 7. The van der Waals surface area contributed by atoms with Crippen LogP contribution in [-0.2, 0) is 5.75 Å². The van der Waals surface area contributed by atoms with Crippen LogP contribution in [-0.4, -0.2) is 24.7 Å². The minimum atomic E-state index is 0.495. The Balaban J connectivity index is 1.36. The Morgan fingerprint density at radius 3 is 2.93 bits per heavy atom. The first-order chi connectivity index (χ1) is 13.3. The van der Waals surface area contributed by atoms with Crippen molar-refractivity contribution in [2.24, 2.45) is 0 Å². The molecule has 0 bridgehead atoms. The van der Waals surface area contributed by atoms with Gasteiger partial charge in [0.1, 0.15) is 5.76 Å². The molecule has 4 aromatic heterocycles. The highest BCUT2D eigenvalue weighted by Gasteiger charge is 2.30. The molecule has 0 aromatic carbocycles. The van der Waals surface area contributed by atoms with Crippen molar-refractivity contribution >= 4 is 23.1 Å². The molecule has 0 spiro atoms. The summed E-state index contributed by atoms with van der Waals surface area (Å²) in [7, 11) is 0. The maximum absolute atomic E-state index is 5.67. The maximum Gasteiger partial charge on any atom is 0.192 e. The summed E-state index contributed by atoms with van der Waals surface area (Å²) in [5.74, 6) is 3.39. The summed E-state index contributed by atoms with van der Waals surface area (Å²) >= 11 is 3.29. The fraction of sp³-hybridized carbons (Fsp3) is 0.263. The number of pyridine rings is 1. The zero-order chi connectivity index (χ0) is 18.2. The van der Waals surface area contributed by atoms with E-state index in [9.17, 15) is 0 Å². The lowest BCUT2D eigenvalue weighted by Gasteiger charge is -2.08. The van der Waals surface area contributed by atoms with Gasteiger partial charge < -0.3 is 4.42 Å². The largest absolute Gasteiger partial charge is 0.459 e. The van der Waals surface area contributed by atoms with E-state index in [1.165, 1.54) is 12.8 Å². The van der Waals surface area contributed by atoms with Gasteiger partial charge in [-0.2, -0.15) is 0 Å². The molecule has 0 atom stereocenters. The van der Waals surface area contributed by atoms with Crippen LogP contribution in [0.2, 0.25) is 0 Å². The molecule has 1 saturated carbocycles. The molecule has 1 aliphatic rings. The van der Waals surface area contributed by atoms with Crippen molar-refractivity contribution in [2.75, 3.05) is 0 Å². The van der Waals surface area contributed by atoms with Crippen molar-refractivity contribution in [1.29, 1.82) is 0 Å². The van der Waals surface area contributed by atoms with Crippen LogP contribution in [0.3, 0.4) is 0 Å². The second-order valence-corrected chi connectivity index (χ2v) is 8.29. The first-order valence-corrected chi connectivity index (χ1v) is 10.6. The molecule has 0 aliphatic heterocycles. The number of thioether (sulfide) groups is 1. The van der Waals surface area contributed by atoms with Gasteiger partial charge in [-0.1, -0.05) is 11.8 Å². The molecule has 0 N–H and O–H groups in total. The Bertz CT molecular complexity index is 1060. The van der Waals surface area contributed by atoms with Crippen LogP contribution in [0.15, 0.2) is 51.6 Å². The number of nitrogens with zero attached hydrogens (tertiary/aromatic N) is 5. The molecule has 0 saturated heterocycles. The van der Waals surface area contributed by atoms with Crippen LogP contribution in [0, 0.1) is 6.92 Å². The highest BCUT2D eigenvalue weighted by molar-refractivity contribution is 7.98. The molecule has 27 heavy (non-hydrogen) atoms. The highest BCUT2D eigenvalue weighted by Crippen LogP contribution is 2.41. The Morgan fingerprint density at radius 2 is 2.19 bits per heavy atom. The molecular weight excluding hydrogens is 378 g/mol. The second-order valence-electron chi connectivity index (χ2n) is 6.49. The van der Waals surface area contributed by atoms with E-state index in [4.69, 9.17) is 9.40 Å². The van der Waals surface area contributed by atoms with Crippen molar-refractivity contribution in [3.8, 4) is 22.2 Å². The third-order valence-corrected chi connectivity index (χ3v) is 6.23.